The summed E-state index contributed by atoms with van der Waals surface area (Å²) in [5.41, 5.74) is 6.60. The first kappa shape index (κ1) is 13.6. The van der Waals surface area contributed by atoms with Crippen molar-refractivity contribution in [1.29, 1.82) is 0 Å². The van der Waals surface area contributed by atoms with E-state index in [4.69, 9.17) is 17.3 Å². The first-order valence-corrected chi connectivity index (χ1v) is 7.69. The fourth-order valence-corrected chi connectivity index (χ4v) is 4.15. The van der Waals surface area contributed by atoms with Crippen molar-refractivity contribution in [2.75, 3.05) is 5.73 Å². The van der Waals surface area contributed by atoms with Crippen LogP contribution in [0.3, 0.4) is 0 Å². The Kier molecular flexibility index (Phi) is 3.34. The van der Waals surface area contributed by atoms with Gasteiger partial charge in [-0.2, -0.15) is 0 Å². The van der Waals surface area contributed by atoms with Gasteiger partial charge in [0.15, 0.2) is 0 Å². The highest BCUT2D eigenvalue weighted by Crippen LogP contribution is 2.34. The van der Waals surface area contributed by atoms with E-state index >= 15 is 0 Å². The van der Waals surface area contributed by atoms with Gasteiger partial charge in [0.05, 0.1) is 5.02 Å². The summed E-state index contributed by atoms with van der Waals surface area (Å²) in [5, 5.41) is 0.206. The van der Waals surface area contributed by atoms with Crippen molar-refractivity contribution in [2.24, 2.45) is 0 Å². The van der Waals surface area contributed by atoms with E-state index in [-0.39, 0.29) is 15.5 Å². The Morgan fingerprint density at radius 3 is 2.50 bits per heavy atom. The van der Waals surface area contributed by atoms with Gasteiger partial charge in [-0.15, -0.1) is 0 Å². The van der Waals surface area contributed by atoms with E-state index in [1.54, 1.807) is 13.0 Å². The van der Waals surface area contributed by atoms with Gasteiger partial charge in [-0.25, -0.2) is 13.1 Å². The summed E-state index contributed by atoms with van der Waals surface area (Å²) in [5.74, 6) is 0. The molecule has 1 saturated carbocycles. The zero-order valence-corrected chi connectivity index (χ0v) is 12.0. The molecule has 2 rings (SSSR count). The van der Waals surface area contributed by atoms with Crippen LogP contribution in [0.15, 0.2) is 17.0 Å². The van der Waals surface area contributed by atoms with E-state index in [1.165, 1.54) is 6.07 Å². The lowest BCUT2D eigenvalue weighted by Crippen LogP contribution is -2.50. The van der Waals surface area contributed by atoms with E-state index in [0.717, 1.165) is 24.8 Å². The molecule has 1 aromatic carbocycles. The molecule has 0 unspecified atom stereocenters. The number of benzene rings is 1. The van der Waals surface area contributed by atoms with Crippen LogP contribution in [-0.4, -0.2) is 14.0 Å². The normalized spacial score (nSPS) is 18.4. The summed E-state index contributed by atoms with van der Waals surface area (Å²) >= 11 is 6.00. The maximum absolute atomic E-state index is 12.3. The molecular formula is C12H17ClN2O2S. The summed E-state index contributed by atoms with van der Waals surface area (Å²) in [6, 6.07) is 3.00. The molecule has 6 heteroatoms. The van der Waals surface area contributed by atoms with Crippen molar-refractivity contribution in [2.45, 2.75) is 43.5 Å². The van der Waals surface area contributed by atoms with Crippen molar-refractivity contribution < 1.29 is 8.42 Å². The Labute approximate surface area is 113 Å². The van der Waals surface area contributed by atoms with Crippen molar-refractivity contribution in [3.05, 3.63) is 22.7 Å². The first-order valence-electron chi connectivity index (χ1n) is 5.83. The van der Waals surface area contributed by atoms with Gasteiger partial charge in [0.25, 0.3) is 0 Å². The third-order valence-corrected chi connectivity index (χ3v) is 5.55. The Hall–Kier alpha value is -0.780. The zero-order chi connectivity index (χ0) is 13.6. The van der Waals surface area contributed by atoms with Crippen LogP contribution < -0.4 is 10.5 Å². The standard InChI is InChI=1S/C12H17ClN2O2S/c1-8-6-9(13)11(7-10(8)14)18(16,17)15-12(2)4-3-5-12/h6-7,15H,3-5,14H2,1-2H3. The van der Waals surface area contributed by atoms with Crippen molar-refractivity contribution in [1.82, 2.24) is 4.72 Å². The number of nitrogens with two attached hydrogens (primary N) is 1. The first-order chi connectivity index (χ1) is 8.23. The second-order valence-corrected chi connectivity index (χ2v) is 7.22. The maximum atomic E-state index is 12.3. The van der Waals surface area contributed by atoms with Crippen LogP contribution in [0.2, 0.25) is 5.02 Å². The van der Waals surface area contributed by atoms with Crippen LogP contribution in [0.4, 0.5) is 5.69 Å². The van der Waals surface area contributed by atoms with Gasteiger partial charge in [-0.1, -0.05) is 11.6 Å². The van der Waals surface area contributed by atoms with E-state index < -0.39 is 10.0 Å². The number of rotatable bonds is 3. The minimum absolute atomic E-state index is 0.0559. The summed E-state index contributed by atoms with van der Waals surface area (Å²) in [6.45, 7) is 3.69. The van der Waals surface area contributed by atoms with E-state index in [1.807, 2.05) is 6.92 Å². The molecule has 0 aromatic heterocycles. The van der Waals surface area contributed by atoms with Crippen LogP contribution in [0.1, 0.15) is 31.7 Å². The molecule has 4 nitrogen and oxygen atoms in total. The maximum Gasteiger partial charge on any atom is 0.242 e. The third kappa shape index (κ3) is 2.48. The Balaban J connectivity index is 2.38. The average Bonchev–Trinajstić information content (AvgIpc) is 2.20. The highest BCUT2D eigenvalue weighted by atomic mass is 35.5. The minimum atomic E-state index is -3.61. The number of hydrogen-bond donors (Lipinski definition) is 2. The van der Waals surface area contributed by atoms with Crippen LogP contribution in [0.5, 0.6) is 0 Å². The van der Waals surface area contributed by atoms with Crippen LogP contribution >= 0.6 is 11.6 Å². The number of anilines is 1. The number of nitrogen functional groups attached to an aromatic ring is 1. The highest BCUT2D eigenvalue weighted by Gasteiger charge is 2.36. The lowest BCUT2D eigenvalue weighted by atomic mass is 9.80. The molecule has 1 aliphatic rings. The van der Waals surface area contributed by atoms with Gasteiger partial charge in [0.2, 0.25) is 10.0 Å². The highest BCUT2D eigenvalue weighted by molar-refractivity contribution is 7.89. The van der Waals surface area contributed by atoms with Crippen molar-refractivity contribution in [3.63, 3.8) is 0 Å². The molecule has 0 atom stereocenters. The number of nitrogens with one attached hydrogen (secondary N) is 1. The number of halogens is 1. The fourth-order valence-electron chi connectivity index (χ4n) is 2.06. The van der Waals surface area contributed by atoms with Gasteiger partial charge in [-0.3, -0.25) is 0 Å². The van der Waals surface area contributed by atoms with Crippen LogP contribution in [0.25, 0.3) is 0 Å². The van der Waals surface area contributed by atoms with Gasteiger partial charge >= 0.3 is 0 Å². The molecule has 0 spiro atoms. The van der Waals surface area contributed by atoms with Crippen molar-refractivity contribution >= 4 is 27.3 Å². The monoisotopic (exact) mass is 288 g/mol. The molecule has 0 aliphatic heterocycles. The quantitative estimate of drug-likeness (QED) is 0.839. The topological polar surface area (TPSA) is 72.2 Å². The molecule has 3 N–H and O–H groups in total. The minimum Gasteiger partial charge on any atom is -0.398 e. The van der Waals surface area contributed by atoms with Crippen LogP contribution in [-0.2, 0) is 10.0 Å². The summed E-state index contributed by atoms with van der Waals surface area (Å²) in [4.78, 5) is 0.0559. The van der Waals surface area contributed by atoms with Gasteiger partial charge in [-0.05, 0) is 50.8 Å². The van der Waals surface area contributed by atoms with Gasteiger partial charge < -0.3 is 5.73 Å². The smallest absolute Gasteiger partial charge is 0.242 e. The average molecular weight is 289 g/mol. The summed E-state index contributed by atoms with van der Waals surface area (Å²) < 4.78 is 27.3. The number of hydrogen-bond acceptors (Lipinski definition) is 3. The Morgan fingerprint density at radius 1 is 1.39 bits per heavy atom. The van der Waals surface area contributed by atoms with E-state index in [2.05, 4.69) is 4.72 Å². The lowest BCUT2D eigenvalue weighted by molar-refractivity contribution is 0.248. The second-order valence-electron chi connectivity index (χ2n) is 5.16. The Bertz CT molecular complexity index is 580. The number of sulfonamides is 1. The van der Waals surface area contributed by atoms with Crippen molar-refractivity contribution in [3.8, 4) is 0 Å². The van der Waals surface area contributed by atoms with Crippen LogP contribution in [0, 0.1) is 6.92 Å². The van der Waals surface area contributed by atoms with Gasteiger partial charge in [0, 0.05) is 11.2 Å². The predicted molar refractivity (Wildman–Crippen MR) is 73.2 cm³/mol. The summed E-state index contributed by atoms with van der Waals surface area (Å²) in [7, 11) is -3.61. The molecule has 0 radical (unpaired) electrons. The lowest BCUT2D eigenvalue weighted by Gasteiger charge is -2.38. The molecule has 0 amide bonds. The fraction of sp³-hybridized carbons (Fsp3) is 0.500. The SMILES string of the molecule is Cc1cc(Cl)c(S(=O)(=O)NC2(C)CCC2)cc1N. The predicted octanol–water partition coefficient (Wildman–Crippen LogP) is 2.45. The largest absolute Gasteiger partial charge is 0.398 e. The third-order valence-electron chi connectivity index (χ3n) is 3.45. The molecule has 0 saturated heterocycles. The molecule has 1 aromatic rings. The molecule has 18 heavy (non-hydrogen) atoms. The molecule has 100 valence electrons. The molecule has 1 fully saturated rings. The second kappa shape index (κ2) is 4.40. The molecule has 0 bridgehead atoms. The van der Waals surface area contributed by atoms with E-state index in [9.17, 15) is 8.42 Å². The molecule has 0 heterocycles. The van der Waals surface area contributed by atoms with Gasteiger partial charge in [0.1, 0.15) is 4.90 Å². The zero-order valence-electron chi connectivity index (χ0n) is 10.5. The van der Waals surface area contributed by atoms with E-state index in [0.29, 0.717) is 5.69 Å². The Morgan fingerprint density at radius 2 is 2.00 bits per heavy atom. The number of aryl methyl sites for hydroxylation is 1. The molecule has 1 aliphatic carbocycles. The molecular weight excluding hydrogens is 272 g/mol. The summed E-state index contributed by atoms with van der Waals surface area (Å²) in [6.07, 6.45) is 2.75.